The van der Waals surface area contributed by atoms with Crippen molar-refractivity contribution in [1.29, 1.82) is 0 Å². The lowest BCUT2D eigenvalue weighted by Gasteiger charge is -2.24. The van der Waals surface area contributed by atoms with Gasteiger partial charge >= 0.3 is 5.97 Å². The molecule has 12 heteroatoms. The molecule has 0 fully saturated rings. The highest BCUT2D eigenvalue weighted by Crippen LogP contribution is 2.13. The zero-order chi connectivity index (χ0) is 28.2. The lowest BCUT2D eigenvalue weighted by Crippen LogP contribution is -2.48. The first-order valence-corrected chi connectivity index (χ1v) is 13.3. The Morgan fingerprint density at radius 2 is 1.97 bits per heavy atom. The van der Waals surface area contributed by atoms with E-state index in [4.69, 9.17) is 4.74 Å². The van der Waals surface area contributed by atoms with Gasteiger partial charge in [-0.1, -0.05) is 44.7 Å². The van der Waals surface area contributed by atoms with Gasteiger partial charge in [0, 0.05) is 18.2 Å². The Kier molecular flexibility index (Phi) is 12.1. The molecule has 3 amide bonds. The normalized spacial score (nSPS) is 20.7. The number of thioether (sulfide) groups is 1. The van der Waals surface area contributed by atoms with Crippen molar-refractivity contribution in [2.75, 3.05) is 5.75 Å². The van der Waals surface area contributed by atoms with Gasteiger partial charge in [0.15, 0.2) is 5.12 Å². The van der Waals surface area contributed by atoms with E-state index in [1.54, 1.807) is 32.9 Å². The van der Waals surface area contributed by atoms with Gasteiger partial charge in [0.2, 0.25) is 5.91 Å². The number of amides is 3. The number of allylic oxidation sites excluding steroid dienone is 2. The number of cyclic esters (lactones) is 1. The lowest BCUT2D eigenvalue weighted by atomic mass is 10.0. The number of fused-ring (bicyclic) bond motifs is 2. The minimum atomic E-state index is -1.09. The molecule has 0 saturated heterocycles. The van der Waals surface area contributed by atoms with Gasteiger partial charge in [-0.3, -0.25) is 19.2 Å². The molecular weight excluding hydrogens is 515 g/mol. The minimum absolute atomic E-state index is 0.0650. The molecule has 1 aromatic rings. The topological polar surface area (TPSA) is 144 Å². The first-order chi connectivity index (χ1) is 18.0. The number of carbonyl (C=O) groups is 5. The summed E-state index contributed by atoms with van der Waals surface area (Å²) >= 11 is 1.19. The summed E-state index contributed by atoms with van der Waals surface area (Å²) in [5, 5.41) is 7.60. The van der Waals surface area contributed by atoms with Crippen molar-refractivity contribution in [3.05, 3.63) is 53.3 Å². The van der Waals surface area contributed by atoms with Gasteiger partial charge < -0.3 is 20.7 Å². The van der Waals surface area contributed by atoms with Crippen LogP contribution in [0, 0.1) is 11.7 Å². The second-order valence-corrected chi connectivity index (χ2v) is 9.91. The molecule has 0 saturated carbocycles. The van der Waals surface area contributed by atoms with E-state index in [0.717, 1.165) is 12.1 Å². The molecule has 0 spiro atoms. The fraction of sp³-hybridized carbons (Fsp3) is 0.462. The van der Waals surface area contributed by atoms with Crippen LogP contribution in [0.15, 0.2) is 36.1 Å². The van der Waals surface area contributed by atoms with Crippen LogP contribution in [-0.4, -0.2) is 51.7 Å². The van der Waals surface area contributed by atoms with E-state index in [0.29, 0.717) is 18.6 Å². The number of hydrogen-bond acceptors (Lipinski definition) is 8. The Bertz CT molecular complexity index is 1120. The third-order valence-electron chi connectivity index (χ3n) is 5.37. The number of halogens is 1. The van der Waals surface area contributed by atoms with Gasteiger partial charge in [-0.25, -0.2) is 14.2 Å². The van der Waals surface area contributed by atoms with Crippen LogP contribution in [0.25, 0.3) is 0 Å². The Hall–Kier alpha value is -3.54. The third kappa shape index (κ3) is 9.73. The number of ether oxygens (including phenoxy) is 1. The van der Waals surface area contributed by atoms with Crippen molar-refractivity contribution in [3.63, 3.8) is 0 Å². The highest BCUT2D eigenvalue weighted by Gasteiger charge is 2.30. The molecular formula is C26H33FN4O6S. The molecule has 3 N–H and O–H groups in total. The van der Waals surface area contributed by atoms with Crippen LogP contribution in [0.4, 0.5) is 4.39 Å². The summed E-state index contributed by atoms with van der Waals surface area (Å²) in [6, 6.07) is 0.901. The number of esters is 1. The quantitative estimate of drug-likeness (QED) is 0.213. The van der Waals surface area contributed by atoms with Crippen LogP contribution in [0.5, 0.6) is 0 Å². The number of nitrogens with zero attached hydrogens (tertiary/aromatic N) is 1. The molecule has 206 valence electrons. The highest BCUT2D eigenvalue weighted by atomic mass is 32.2. The van der Waals surface area contributed by atoms with Crippen molar-refractivity contribution in [2.45, 2.75) is 65.6 Å². The standard InChI is InChI=1S/C26H33FN4O6S/c1-5-19-24(34)31-23(15(3)4)26(36)37-18(9-7-8-10-38-22(33)6-2)13-21(32)28-14-17-11-16(27)12-20(29-17)25(35)30-19/h5,7,9,11-12,15,18,23H,6,8,10,13-14H2,1-4H3,(H,28,32)(H,30,35)(H,31,34)/b9-7+,19-5-/t18-,23+/m1/s1. The summed E-state index contributed by atoms with van der Waals surface area (Å²) in [5.74, 6) is -3.44. The number of rotatable bonds is 6. The molecule has 2 bridgehead atoms. The van der Waals surface area contributed by atoms with Gasteiger partial charge in [0.05, 0.1) is 18.7 Å². The molecule has 0 aliphatic carbocycles. The van der Waals surface area contributed by atoms with Crippen LogP contribution in [0.2, 0.25) is 0 Å². The van der Waals surface area contributed by atoms with Crippen molar-refractivity contribution >= 4 is 40.6 Å². The molecule has 1 aliphatic rings. The van der Waals surface area contributed by atoms with Gasteiger partial charge in [-0.15, -0.1) is 0 Å². The maximum absolute atomic E-state index is 14.2. The molecule has 0 unspecified atom stereocenters. The number of nitrogens with one attached hydrogen (secondary N) is 3. The monoisotopic (exact) mass is 548 g/mol. The summed E-state index contributed by atoms with van der Waals surface area (Å²) < 4.78 is 19.8. The zero-order valence-electron chi connectivity index (χ0n) is 21.8. The Morgan fingerprint density at radius 3 is 2.63 bits per heavy atom. The van der Waals surface area contributed by atoms with E-state index >= 15 is 0 Å². The Balaban J connectivity index is 2.35. The molecule has 1 aromatic heterocycles. The van der Waals surface area contributed by atoms with Crippen LogP contribution in [0.1, 0.15) is 63.1 Å². The minimum Gasteiger partial charge on any atom is -0.456 e. The molecule has 2 rings (SSSR count). The van der Waals surface area contributed by atoms with Crippen molar-refractivity contribution in [1.82, 2.24) is 20.9 Å². The lowest BCUT2D eigenvalue weighted by molar-refractivity contribution is -0.153. The van der Waals surface area contributed by atoms with E-state index in [9.17, 15) is 28.4 Å². The molecule has 2 atom stereocenters. The number of carbonyl (C=O) groups excluding carboxylic acids is 5. The molecule has 38 heavy (non-hydrogen) atoms. The average molecular weight is 549 g/mol. The fourth-order valence-corrected chi connectivity index (χ4v) is 4.01. The number of pyridine rings is 1. The molecule has 2 heterocycles. The number of aromatic nitrogens is 1. The molecule has 0 aromatic carbocycles. The maximum Gasteiger partial charge on any atom is 0.329 e. The number of hydrogen-bond donors (Lipinski definition) is 3. The van der Waals surface area contributed by atoms with E-state index in [2.05, 4.69) is 20.9 Å². The van der Waals surface area contributed by atoms with E-state index in [1.165, 1.54) is 24.8 Å². The summed E-state index contributed by atoms with van der Waals surface area (Å²) in [4.78, 5) is 66.8. The van der Waals surface area contributed by atoms with Crippen molar-refractivity contribution in [2.24, 2.45) is 5.92 Å². The Morgan fingerprint density at radius 1 is 1.24 bits per heavy atom. The Labute approximate surface area is 225 Å². The van der Waals surface area contributed by atoms with Crippen molar-refractivity contribution in [3.8, 4) is 0 Å². The molecule has 0 radical (unpaired) electrons. The fourth-order valence-electron chi connectivity index (χ4n) is 3.33. The van der Waals surface area contributed by atoms with Crippen LogP contribution >= 0.6 is 11.8 Å². The molecule has 10 nitrogen and oxygen atoms in total. The average Bonchev–Trinajstić information content (AvgIpc) is 2.87. The van der Waals surface area contributed by atoms with Crippen LogP contribution in [-0.2, 0) is 30.5 Å². The van der Waals surface area contributed by atoms with E-state index < -0.39 is 41.7 Å². The summed E-state index contributed by atoms with van der Waals surface area (Å²) in [6.45, 7) is 6.53. The van der Waals surface area contributed by atoms with Crippen LogP contribution < -0.4 is 16.0 Å². The van der Waals surface area contributed by atoms with Gasteiger partial charge in [-0.05, 0) is 31.4 Å². The van der Waals surface area contributed by atoms with Crippen molar-refractivity contribution < 1.29 is 33.1 Å². The summed E-state index contributed by atoms with van der Waals surface area (Å²) in [6.07, 6.45) is 4.35. The van der Waals surface area contributed by atoms with E-state index in [1.807, 2.05) is 0 Å². The third-order valence-corrected chi connectivity index (χ3v) is 6.42. The highest BCUT2D eigenvalue weighted by molar-refractivity contribution is 8.13. The SMILES string of the molecule is C/C=C1\NC(=O)c2cc(F)cc(n2)CNC(=O)C[C@@H](/C=C/CCSC(=O)CC)OC(=O)[C@H](C(C)C)NC1=O. The second kappa shape index (κ2) is 15.0. The largest absolute Gasteiger partial charge is 0.456 e. The van der Waals surface area contributed by atoms with Gasteiger partial charge in [0.1, 0.15) is 29.4 Å². The van der Waals surface area contributed by atoms with E-state index in [-0.39, 0.29) is 41.1 Å². The first-order valence-electron chi connectivity index (χ1n) is 12.3. The molecule has 1 aliphatic heterocycles. The first kappa shape index (κ1) is 30.7. The predicted octanol–water partition coefficient (Wildman–Crippen LogP) is 2.54. The maximum atomic E-state index is 14.2. The summed E-state index contributed by atoms with van der Waals surface area (Å²) in [5.41, 5.74) is -0.353. The van der Waals surface area contributed by atoms with Gasteiger partial charge in [-0.2, -0.15) is 0 Å². The second-order valence-electron chi connectivity index (χ2n) is 8.76. The van der Waals surface area contributed by atoms with Gasteiger partial charge in [0.25, 0.3) is 11.8 Å². The predicted molar refractivity (Wildman–Crippen MR) is 140 cm³/mol. The summed E-state index contributed by atoms with van der Waals surface area (Å²) in [7, 11) is 0. The smallest absolute Gasteiger partial charge is 0.329 e. The van der Waals surface area contributed by atoms with Crippen LogP contribution in [0.3, 0.4) is 0 Å². The zero-order valence-corrected chi connectivity index (χ0v) is 22.7.